The molecule has 0 aliphatic carbocycles. The summed E-state index contributed by atoms with van der Waals surface area (Å²) in [5.74, 6) is 0.860. The molecule has 0 saturated heterocycles. The number of sulfone groups is 1. The molecule has 0 bridgehead atoms. The number of ether oxygens (including phenoxy) is 2. The maximum atomic E-state index is 13.4. The number of aromatic nitrogens is 4. The number of rotatable bonds is 13. The van der Waals surface area contributed by atoms with E-state index in [-0.39, 0.29) is 37.1 Å². The fourth-order valence-corrected chi connectivity index (χ4v) is 6.23. The molecule has 5 aromatic rings. The van der Waals surface area contributed by atoms with Crippen molar-refractivity contribution in [1.82, 2.24) is 19.9 Å². The highest BCUT2D eigenvalue weighted by atomic mass is 35.5. The van der Waals surface area contributed by atoms with E-state index in [0.29, 0.717) is 51.2 Å². The number of hydrogen-bond acceptors (Lipinski definition) is 10. The number of nitrogens with one attached hydrogen (secondary N) is 1. The lowest BCUT2D eigenvalue weighted by atomic mass is 10.2. The zero-order chi connectivity index (χ0) is 29.5. The van der Waals surface area contributed by atoms with Gasteiger partial charge in [-0.25, -0.2) is 27.8 Å². The Morgan fingerprint density at radius 1 is 1.02 bits per heavy atom. The molecule has 5 rings (SSSR count). The van der Waals surface area contributed by atoms with Crippen LogP contribution in [0.5, 0.6) is 5.75 Å². The number of fused-ring (bicyclic) bond motifs is 1. The Labute approximate surface area is 251 Å². The Balaban J connectivity index is 1.26. The van der Waals surface area contributed by atoms with E-state index in [2.05, 4.69) is 25.3 Å². The van der Waals surface area contributed by atoms with Gasteiger partial charge in [0.05, 0.1) is 47.1 Å². The van der Waals surface area contributed by atoms with Crippen LogP contribution < -0.4 is 10.1 Å². The minimum atomic E-state index is -3.09. The first-order valence-corrected chi connectivity index (χ1v) is 16.1. The van der Waals surface area contributed by atoms with E-state index in [1.54, 1.807) is 30.5 Å². The van der Waals surface area contributed by atoms with Gasteiger partial charge in [-0.15, -0.1) is 11.3 Å². The molecular formula is C29H27ClFN5O4S2. The van der Waals surface area contributed by atoms with Crippen molar-refractivity contribution in [3.8, 4) is 17.1 Å². The van der Waals surface area contributed by atoms with E-state index in [0.717, 1.165) is 10.4 Å². The standard InChI is InChI=1S/C29H27ClFN5O4S2/c1-2-9-42(37,38)10-8-39-16-28-36-26(17-41-28)24-13-22-25(14-32-24)33-18-34-29(22)35-21-6-7-27(23(30)12-21)40-15-19-4-3-5-20(31)11-19/h3-7,11-14,17-18H,2,8-10,15-16H2,1H3,(H,33,34,35). The molecule has 0 aliphatic rings. The minimum Gasteiger partial charge on any atom is -0.487 e. The monoisotopic (exact) mass is 627 g/mol. The normalized spacial score (nSPS) is 11.6. The number of anilines is 2. The Morgan fingerprint density at radius 3 is 2.71 bits per heavy atom. The highest BCUT2D eigenvalue weighted by Gasteiger charge is 2.13. The van der Waals surface area contributed by atoms with Crippen LogP contribution >= 0.6 is 22.9 Å². The summed E-state index contributed by atoms with van der Waals surface area (Å²) in [7, 11) is -3.09. The molecule has 0 saturated carbocycles. The molecule has 1 N–H and O–H groups in total. The van der Waals surface area contributed by atoms with Gasteiger partial charge in [-0.2, -0.15) is 0 Å². The van der Waals surface area contributed by atoms with Gasteiger partial charge in [0.2, 0.25) is 0 Å². The van der Waals surface area contributed by atoms with Crippen molar-refractivity contribution in [2.24, 2.45) is 0 Å². The van der Waals surface area contributed by atoms with Gasteiger partial charge in [-0.05, 0) is 48.4 Å². The molecule has 42 heavy (non-hydrogen) atoms. The minimum absolute atomic E-state index is 0.00302. The Hall–Kier alpha value is -3.71. The quantitative estimate of drug-likeness (QED) is 0.144. The van der Waals surface area contributed by atoms with E-state index in [9.17, 15) is 12.8 Å². The molecule has 9 nitrogen and oxygen atoms in total. The van der Waals surface area contributed by atoms with Gasteiger partial charge in [0.25, 0.3) is 0 Å². The number of thiazole rings is 1. The van der Waals surface area contributed by atoms with Crippen molar-refractivity contribution >= 4 is 55.2 Å². The van der Waals surface area contributed by atoms with Gasteiger partial charge in [0, 0.05) is 22.2 Å². The second-order valence-electron chi connectivity index (χ2n) is 9.33. The summed E-state index contributed by atoms with van der Waals surface area (Å²) in [6.07, 6.45) is 3.69. The van der Waals surface area contributed by atoms with Crippen LogP contribution in [-0.2, 0) is 27.8 Å². The molecule has 2 aromatic carbocycles. The molecular weight excluding hydrogens is 601 g/mol. The van der Waals surface area contributed by atoms with Crippen LogP contribution in [0.25, 0.3) is 22.3 Å². The number of pyridine rings is 1. The van der Waals surface area contributed by atoms with Crippen molar-refractivity contribution in [3.05, 3.63) is 87.8 Å². The zero-order valence-electron chi connectivity index (χ0n) is 22.6. The molecule has 0 radical (unpaired) electrons. The molecule has 218 valence electrons. The van der Waals surface area contributed by atoms with Crippen molar-refractivity contribution in [2.75, 3.05) is 23.4 Å². The summed E-state index contributed by atoms with van der Waals surface area (Å²) in [5, 5.41) is 6.99. The summed E-state index contributed by atoms with van der Waals surface area (Å²) in [6, 6.07) is 13.3. The summed E-state index contributed by atoms with van der Waals surface area (Å²) in [4.78, 5) is 17.9. The summed E-state index contributed by atoms with van der Waals surface area (Å²) in [5.41, 5.74) is 3.32. The topological polar surface area (TPSA) is 116 Å². The second kappa shape index (κ2) is 13.5. The molecule has 0 atom stereocenters. The molecule has 0 fully saturated rings. The van der Waals surface area contributed by atoms with Gasteiger partial charge in [0.1, 0.15) is 35.3 Å². The van der Waals surface area contributed by atoms with Crippen LogP contribution in [0.15, 0.2) is 66.4 Å². The van der Waals surface area contributed by atoms with Crippen LogP contribution in [0, 0.1) is 5.82 Å². The third-order valence-electron chi connectivity index (χ3n) is 6.09. The lowest BCUT2D eigenvalue weighted by molar-refractivity contribution is 0.135. The van der Waals surface area contributed by atoms with E-state index >= 15 is 0 Å². The second-order valence-corrected chi connectivity index (χ2v) is 13.0. The number of nitrogens with zero attached hydrogens (tertiary/aromatic N) is 4. The van der Waals surface area contributed by atoms with E-state index in [1.807, 2.05) is 24.4 Å². The molecule has 13 heteroatoms. The first kappa shape index (κ1) is 29.8. The lowest BCUT2D eigenvalue weighted by Gasteiger charge is -2.12. The predicted octanol–water partition coefficient (Wildman–Crippen LogP) is 6.60. The Bertz CT molecular complexity index is 1800. The van der Waals surface area contributed by atoms with Crippen LogP contribution in [0.2, 0.25) is 5.02 Å². The van der Waals surface area contributed by atoms with E-state index in [1.165, 1.54) is 29.8 Å². The highest BCUT2D eigenvalue weighted by molar-refractivity contribution is 7.91. The largest absolute Gasteiger partial charge is 0.487 e. The molecule has 0 spiro atoms. The van der Waals surface area contributed by atoms with E-state index in [4.69, 9.17) is 21.1 Å². The van der Waals surface area contributed by atoms with Crippen LogP contribution in [-0.4, -0.2) is 46.5 Å². The summed E-state index contributed by atoms with van der Waals surface area (Å²) in [6.45, 7) is 2.37. The van der Waals surface area contributed by atoms with Crippen LogP contribution in [0.4, 0.5) is 15.9 Å². The maximum Gasteiger partial charge on any atom is 0.152 e. The average Bonchev–Trinajstić information content (AvgIpc) is 3.44. The predicted molar refractivity (Wildman–Crippen MR) is 163 cm³/mol. The average molecular weight is 628 g/mol. The van der Waals surface area contributed by atoms with E-state index < -0.39 is 9.84 Å². The Kier molecular flexibility index (Phi) is 9.58. The van der Waals surface area contributed by atoms with Gasteiger partial charge < -0.3 is 14.8 Å². The number of hydrogen-bond donors (Lipinski definition) is 1. The first-order valence-electron chi connectivity index (χ1n) is 13.1. The van der Waals surface area contributed by atoms with Crippen LogP contribution in [0.3, 0.4) is 0 Å². The Morgan fingerprint density at radius 2 is 1.90 bits per heavy atom. The van der Waals surface area contributed by atoms with Gasteiger partial charge >= 0.3 is 0 Å². The SMILES string of the molecule is CCCS(=O)(=O)CCOCc1nc(-c2cc3c(Nc4ccc(OCc5cccc(F)c5)c(Cl)c4)ncnc3cn2)cs1. The third-order valence-corrected chi connectivity index (χ3v) is 9.03. The smallest absolute Gasteiger partial charge is 0.152 e. The molecule has 3 aromatic heterocycles. The van der Waals surface area contributed by atoms with Crippen molar-refractivity contribution < 1.29 is 22.3 Å². The molecule has 0 aliphatic heterocycles. The third kappa shape index (κ3) is 7.77. The lowest BCUT2D eigenvalue weighted by Crippen LogP contribution is -2.15. The van der Waals surface area contributed by atoms with Crippen molar-refractivity contribution in [1.29, 1.82) is 0 Å². The maximum absolute atomic E-state index is 13.4. The van der Waals surface area contributed by atoms with Gasteiger partial charge in [-0.3, -0.25) is 4.98 Å². The molecule has 0 unspecified atom stereocenters. The van der Waals surface area contributed by atoms with Crippen molar-refractivity contribution in [2.45, 2.75) is 26.6 Å². The zero-order valence-corrected chi connectivity index (χ0v) is 25.0. The highest BCUT2D eigenvalue weighted by Crippen LogP contribution is 2.32. The molecule has 3 heterocycles. The van der Waals surface area contributed by atoms with Crippen LogP contribution in [0.1, 0.15) is 23.9 Å². The molecule has 0 amide bonds. The number of halogens is 2. The van der Waals surface area contributed by atoms with Crippen molar-refractivity contribution in [3.63, 3.8) is 0 Å². The fraction of sp³-hybridized carbons (Fsp3) is 0.241. The number of benzene rings is 2. The summed E-state index contributed by atoms with van der Waals surface area (Å²) >= 11 is 7.89. The van der Waals surface area contributed by atoms with Gasteiger partial charge in [-0.1, -0.05) is 30.7 Å². The van der Waals surface area contributed by atoms with Gasteiger partial charge in [0.15, 0.2) is 9.84 Å². The fourth-order valence-electron chi connectivity index (χ4n) is 4.07. The summed E-state index contributed by atoms with van der Waals surface area (Å²) < 4.78 is 48.5. The first-order chi connectivity index (χ1) is 20.3.